The van der Waals surface area contributed by atoms with E-state index < -0.39 is 23.3 Å². The first-order valence-electron chi connectivity index (χ1n) is 12.7. The second kappa shape index (κ2) is 9.52. The van der Waals surface area contributed by atoms with Gasteiger partial charge in [0.25, 0.3) is 11.5 Å². The molecular weight excluding hydrogens is 504 g/mol. The van der Waals surface area contributed by atoms with Crippen LogP contribution in [-0.4, -0.2) is 54.1 Å². The van der Waals surface area contributed by atoms with Crippen molar-refractivity contribution in [3.05, 3.63) is 80.9 Å². The number of nitrogens with one attached hydrogen (secondary N) is 1. The predicted molar refractivity (Wildman–Crippen MR) is 142 cm³/mol. The number of likely N-dealkylation sites (tertiary alicyclic amines) is 1. The zero-order valence-electron chi connectivity index (χ0n) is 21.0. The summed E-state index contributed by atoms with van der Waals surface area (Å²) in [7, 11) is 1.54. The number of hydrogen-bond acceptors (Lipinski definition) is 7. The summed E-state index contributed by atoms with van der Waals surface area (Å²) < 4.78 is 7.08. The number of fused-ring (bicyclic) bond motifs is 4. The number of benzene rings is 1. The van der Waals surface area contributed by atoms with Crippen molar-refractivity contribution >= 4 is 34.9 Å². The van der Waals surface area contributed by atoms with E-state index in [1.54, 1.807) is 43.5 Å². The molecular formula is C28H28N4O5S. The number of rotatable bonds is 6. The van der Waals surface area contributed by atoms with E-state index in [4.69, 9.17) is 4.74 Å². The van der Waals surface area contributed by atoms with Crippen molar-refractivity contribution in [3.63, 3.8) is 0 Å². The Hall–Kier alpha value is -3.76. The number of thiophene rings is 1. The summed E-state index contributed by atoms with van der Waals surface area (Å²) in [6.45, 7) is 2.10. The lowest BCUT2D eigenvalue weighted by Gasteiger charge is -2.47. The Kier molecular flexibility index (Phi) is 6.16. The zero-order chi connectivity index (χ0) is 26.4. The third-order valence-corrected chi connectivity index (χ3v) is 8.78. The molecule has 3 aliphatic rings. The standard InChI is InChI=1S/C28H28N4O5S/c1-37-21-9-7-20(8-10-21)32-26(35)28(25(34)29-27(32)36,13-22-4-3-11-38-22)17-30-14-18-12-19(16-30)23-5-2-6-24(33)31(23)15-18/h2-11,18-19H,12-17H2,1H3,(H,29,34,36)/t18-,19+,28-/m1/s1. The molecule has 2 fully saturated rings. The van der Waals surface area contributed by atoms with E-state index in [-0.39, 0.29) is 30.4 Å². The third kappa shape index (κ3) is 4.13. The smallest absolute Gasteiger partial charge is 0.335 e. The van der Waals surface area contributed by atoms with Crippen molar-refractivity contribution in [2.75, 3.05) is 31.6 Å². The summed E-state index contributed by atoms with van der Waals surface area (Å²) in [5.74, 6) is -0.133. The summed E-state index contributed by atoms with van der Waals surface area (Å²) in [5, 5.41) is 4.40. The molecule has 0 radical (unpaired) electrons. The molecule has 6 rings (SSSR count). The highest BCUT2D eigenvalue weighted by Crippen LogP contribution is 2.39. The number of imide groups is 2. The molecule has 0 spiro atoms. The van der Waals surface area contributed by atoms with E-state index in [0.29, 0.717) is 31.1 Å². The zero-order valence-corrected chi connectivity index (χ0v) is 21.8. The fraction of sp³-hybridized carbons (Fsp3) is 0.357. The number of aromatic nitrogens is 1. The molecule has 9 nitrogen and oxygen atoms in total. The second-order valence-electron chi connectivity index (χ2n) is 10.3. The van der Waals surface area contributed by atoms with Gasteiger partial charge in [0, 0.05) is 55.2 Å². The van der Waals surface area contributed by atoms with E-state index in [1.807, 2.05) is 28.1 Å². The van der Waals surface area contributed by atoms with Gasteiger partial charge in [0.2, 0.25) is 5.91 Å². The number of pyridine rings is 1. The lowest BCUT2D eigenvalue weighted by atomic mass is 9.77. The van der Waals surface area contributed by atoms with Gasteiger partial charge in [0.05, 0.1) is 12.8 Å². The van der Waals surface area contributed by atoms with Gasteiger partial charge in [-0.1, -0.05) is 12.1 Å². The van der Waals surface area contributed by atoms with Crippen molar-refractivity contribution in [2.24, 2.45) is 11.3 Å². The summed E-state index contributed by atoms with van der Waals surface area (Å²) >= 11 is 1.48. The van der Waals surface area contributed by atoms with Gasteiger partial charge < -0.3 is 14.2 Å². The third-order valence-electron chi connectivity index (χ3n) is 7.91. The van der Waals surface area contributed by atoms with E-state index in [9.17, 15) is 19.2 Å². The Morgan fingerprint density at radius 2 is 1.82 bits per heavy atom. The Labute approximate surface area is 223 Å². The van der Waals surface area contributed by atoms with E-state index in [2.05, 4.69) is 10.2 Å². The minimum absolute atomic E-state index is 0.00953. The van der Waals surface area contributed by atoms with E-state index in [1.165, 1.54) is 11.3 Å². The molecule has 3 aliphatic heterocycles. The molecule has 196 valence electrons. The Balaban J connectivity index is 1.36. The number of barbiturate groups is 1. The van der Waals surface area contributed by atoms with Crippen molar-refractivity contribution in [3.8, 4) is 5.75 Å². The molecule has 2 bridgehead atoms. The molecule has 38 heavy (non-hydrogen) atoms. The molecule has 4 amide bonds. The first-order valence-corrected chi connectivity index (χ1v) is 13.5. The molecule has 2 saturated heterocycles. The van der Waals surface area contributed by atoms with Crippen molar-refractivity contribution < 1.29 is 19.1 Å². The Morgan fingerprint density at radius 1 is 1.00 bits per heavy atom. The number of hydrogen-bond donors (Lipinski definition) is 1. The highest BCUT2D eigenvalue weighted by atomic mass is 32.1. The summed E-state index contributed by atoms with van der Waals surface area (Å²) in [6.07, 6.45) is 1.16. The molecule has 1 aromatic carbocycles. The van der Waals surface area contributed by atoms with Gasteiger partial charge in [0.1, 0.15) is 11.2 Å². The molecule has 2 aromatic heterocycles. The first-order chi connectivity index (χ1) is 18.4. The minimum Gasteiger partial charge on any atom is -0.497 e. The first kappa shape index (κ1) is 24.6. The summed E-state index contributed by atoms with van der Waals surface area (Å²) in [4.78, 5) is 57.5. The van der Waals surface area contributed by atoms with Gasteiger partial charge in [-0.15, -0.1) is 11.3 Å². The van der Waals surface area contributed by atoms with Crippen molar-refractivity contribution in [1.29, 1.82) is 0 Å². The number of amides is 4. The average Bonchev–Trinajstić information content (AvgIpc) is 3.41. The maximum Gasteiger partial charge on any atom is 0.335 e. The van der Waals surface area contributed by atoms with Crippen LogP contribution < -0.4 is 20.5 Å². The second-order valence-corrected chi connectivity index (χ2v) is 11.4. The van der Waals surface area contributed by atoms with Crippen molar-refractivity contribution in [1.82, 2.24) is 14.8 Å². The maximum atomic E-state index is 14.3. The maximum absolute atomic E-state index is 14.3. The van der Waals surface area contributed by atoms with Crippen LogP contribution in [0.4, 0.5) is 10.5 Å². The molecule has 10 heteroatoms. The molecule has 0 aliphatic carbocycles. The Morgan fingerprint density at radius 3 is 2.55 bits per heavy atom. The van der Waals surface area contributed by atoms with E-state index >= 15 is 0 Å². The molecule has 1 N–H and O–H groups in total. The number of urea groups is 1. The van der Waals surface area contributed by atoms with Crippen LogP contribution in [0.1, 0.15) is 22.9 Å². The van der Waals surface area contributed by atoms with Gasteiger partial charge >= 0.3 is 6.03 Å². The van der Waals surface area contributed by atoms with E-state index in [0.717, 1.165) is 21.9 Å². The van der Waals surface area contributed by atoms with Crippen LogP contribution in [0.25, 0.3) is 0 Å². The Bertz CT molecular complexity index is 1450. The fourth-order valence-electron chi connectivity index (χ4n) is 6.21. The van der Waals surface area contributed by atoms with Gasteiger partial charge in [0.15, 0.2) is 0 Å². The van der Waals surface area contributed by atoms with Crippen LogP contribution in [0.3, 0.4) is 0 Å². The number of ether oxygens (including phenoxy) is 1. The largest absolute Gasteiger partial charge is 0.497 e. The average molecular weight is 533 g/mol. The van der Waals surface area contributed by atoms with Crippen LogP contribution in [0.2, 0.25) is 0 Å². The monoisotopic (exact) mass is 532 g/mol. The fourth-order valence-corrected chi connectivity index (χ4v) is 7.03. The van der Waals surface area contributed by atoms with Crippen LogP contribution in [0, 0.1) is 11.3 Å². The SMILES string of the molecule is COc1ccc(N2C(=O)NC(=O)[C@@](Cc3cccs3)(CN3C[C@H]4C[C@@H](C3)c3cccc(=O)n3C4)C2=O)cc1. The number of nitrogens with zero attached hydrogens (tertiary/aromatic N) is 3. The van der Waals surface area contributed by atoms with Crippen LogP contribution in [0.5, 0.6) is 5.75 Å². The molecule has 3 atom stereocenters. The number of carbonyl (C=O) groups excluding carboxylic acids is 3. The van der Waals surface area contributed by atoms with Crippen molar-refractivity contribution in [2.45, 2.75) is 25.3 Å². The molecule has 3 aromatic rings. The van der Waals surface area contributed by atoms with Gasteiger partial charge in [-0.3, -0.25) is 19.7 Å². The number of anilines is 1. The number of piperidine rings is 1. The molecule has 0 saturated carbocycles. The minimum atomic E-state index is -1.49. The lowest BCUT2D eigenvalue weighted by molar-refractivity contribution is -0.144. The highest BCUT2D eigenvalue weighted by Gasteiger charge is 2.56. The molecule has 5 heterocycles. The predicted octanol–water partition coefficient (Wildman–Crippen LogP) is 2.85. The normalized spacial score (nSPS) is 25.2. The van der Waals surface area contributed by atoms with Crippen LogP contribution in [-0.2, 0) is 22.6 Å². The van der Waals surface area contributed by atoms with Gasteiger partial charge in [-0.25, -0.2) is 9.69 Å². The summed E-state index contributed by atoms with van der Waals surface area (Å²) in [5.41, 5.74) is -0.101. The van der Waals surface area contributed by atoms with Crippen LogP contribution >= 0.6 is 11.3 Å². The highest BCUT2D eigenvalue weighted by molar-refractivity contribution is 7.09. The topological polar surface area (TPSA) is 101 Å². The van der Waals surface area contributed by atoms with Gasteiger partial charge in [-0.05, 0) is 54.1 Å². The number of carbonyl (C=O) groups is 3. The van der Waals surface area contributed by atoms with Gasteiger partial charge in [-0.2, -0.15) is 0 Å². The molecule has 0 unspecified atom stereocenters. The quantitative estimate of drug-likeness (QED) is 0.490. The summed E-state index contributed by atoms with van der Waals surface area (Å²) in [6, 6.07) is 15.1. The number of methoxy groups -OCH3 is 1. The van der Waals surface area contributed by atoms with Crippen LogP contribution in [0.15, 0.2) is 64.8 Å². The lowest BCUT2D eigenvalue weighted by Crippen LogP contribution is -2.68.